The number of carbonyl (C=O) groups is 2. The molecule has 0 saturated heterocycles. The van der Waals surface area contributed by atoms with Gasteiger partial charge in [-0.05, 0) is 18.9 Å². The first-order chi connectivity index (χ1) is 9.60. The predicted octanol–water partition coefficient (Wildman–Crippen LogP) is 1.83. The Morgan fingerprint density at radius 2 is 2.05 bits per heavy atom. The first-order valence-electron chi connectivity index (χ1n) is 6.83. The summed E-state index contributed by atoms with van der Waals surface area (Å²) in [4.78, 5) is 23.1. The molecule has 0 fully saturated rings. The molecular formula is C15H19N3O2. The molecule has 0 saturated carbocycles. The summed E-state index contributed by atoms with van der Waals surface area (Å²) in [5, 5.41) is 6.78. The minimum atomic E-state index is -0.211. The summed E-state index contributed by atoms with van der Waals surface area (Å²) in [7, 11) is 0. The molecule has 0 radical (unpaired) electrons. The van der Waals surface area contributed by atoms with Crippen LogP contribution in [0.2, 0.25) is 0 Å². The van der Waals surface area contributed by atoms with Gasteiger partial charge >= 0.3 is 0 Å². The highest BCUT2D eigenvalue weighted by Crippen LogP contribution is 2.17. The van der Waals surface area contributed by atoms with Gasteiger partial charge in [0.1, 0.15) is 5.71 Å². The Labute approximate surface area is 118 Å². The van der Waals surface area contributed by atoms with E-state index in [1.165, 1.54) is 5.56 Å². The number of benzene rings is 1. The van der Waals surface area contributed by atoms with Gasteiger partial charge < -0.3 is 5.32 Å². The minimum absolute atomic E-state index is 0.0385. The Morgan fingerprint density at radius 3 is 2.60 bits per heavy atom. The van der Waals surface area contributed by atoms with Crippen molar-refractivity contribution in [2.75, 3.05) is 0 Å². The van der Waals surface area contributed by atoms with Crippen molar-refractivity contribution in [3.05, 3.63) is 35.4 Å². The van der Waals surface area contributed by atoms with Gasteiger partial charge in [0.2, 0.25) is 5.91 Å². The van der Waals surface area contributed by atoms with Gasteiger partial charge in [0.15, 0.2) is 0 Å². The van der Waals surface area contributed by atoms with Crippen LogP contribution in [0.3, 0.4) is 0 Å². The topological polar surface area (TPSA) is 70.6 Å². The molecule has 0 aliphatic carbocycles. The molecule has 0 bridgehead atoms. The highest BCUT2D eigenvalue weighted by molar-refractivity contribution is 6.39. The third kappa shape index (κ3) is 3.44. The highest BCUT2D eigenvalue weighted by Gasteiger charge is 2.21. The monoisotopic (exact) mass is 273 g/mol. The van der Waals surface area contributed by atoms with E-state index < -0.39 is 0 Å². The normalized spacial score (nSPS) is 16.1. The van der Waals surface area contributed by atoms with Crippen LogP contribution in [0.4, 0.5) is 0 Å². The molecule has 2 rings (SSSR count). The fraction of sp³-hybridized carbons (Fsp3) is 0.400. The Morgan fingerprint density at radius 1 is 1.35 bits per heavy atom. The Bertz CT molecular complexity index is 535. The van der Waals surface area contributed by atoms with Gasteiger partial charge in [-0.3, -0.25) is 9.59 Å². The third-order valence-electron chi connectivity index (χ3n) is 3.36. The summed E-state index contributed by atoms with van der Waals surface area (Å²) in [5.41, 5.74) is 4.99. The van der Waals surface area contributed by atoms with Gasteiger partial charge in [0.25, 0.3) is 5.91 Å². The second kappa shape index (κ2) is 6.32. The molecule has 2 N–H and O–H groups in total. The fourth-order valence-electron chi connectivity index (χ4n) is 2.10. The van der Waals surface area contributed by atoms with Crippen LogP contribution in [0.5, 0.6) is 0 Å². The molecular weight excluding hydrogens is 254 g/mol. The molecule has 1 atom stereocenters. The first-order valence-corrected chi connectivity index (χ1v) is 6.83. The summed E-state index contributed by atoms with van der Waals surface area (Å²) in [5.74, 6) is -0.357. The van der Waals surface area contributed by atoms with Crippen molar-refractivity contribution in [2.45, 2.75) is 39.2 Å². The zero-order chi connectivity index (χ0) is 14.5. The van der Waals surface area contributed by atoms with Crippen LogP contribution in [0.25, 0.3) is 0 Å². The molecule has 1 aromatic rings. The Hall–Kier alpha value is -2.17. The molecule has 1 aromatic carbocycles. The molecule has 1 aliphatic rings. The van der Waals surface area contributed by atoms with Crippen molar-refractivity contribution in [2.24, 2.45) is 5.10 Å². The van der Waals surface area contributed by atoms with Crippen LogP contribution in [0.15, 0.2) is 29.4 Å². The van der Waals surface area contributed by atoms with E-state index >= 15 is 0 Å². The standard InChI is InChI=1S/C15H19N3O2/c1-3-12(11-6-4-10(2)5-7-11)16-15(20)13-8-9-14(19)18-17-13/h4-7,12H,3,8-9H2,1-2H3,(H,16,20)(H,18,19). The van der Waals surface area contributed by atoms with Crippen molar-refractivity contribution >= 4 is 17.5 Å². The minimum Gasteiger partial charge on any atom is -0.344 e. The summed E-state index contributed by atoms with van der Waals surface area (Å²) in [6, 6.07) is 8.07. The zero-order valence-electron chi connectivity index (χ0n) is 11.8. The van der Waals surface area contributed by atoms with Gasteiger partial charge in [-0.1, -0.05) is 36.8 Å². The van der Waals surface area contributed by atoms with Crippen LogP contribution < -0.4 is 10.7 Å². The molecule has 0 spiro atoms. The third-order valence-corrected chi connectivity index (χ3v) is 3.36. The predicted molar refractivity (Wildman–Crippen MR) is 77.2 cm³/mol. The molecule has 5 heteroatoms. The maximum atomic E-state index is 12.1. The van der Waals surface area contributed by atoms with Crippen LogP contribution in [0, 0.1) is 6.92 Å². The molecule has 1 aliphatic heterocycles. The SMILES string of the molecule is CCC(NC(=O)C1=NNC(=O)CC1)c1ccc(C)cc1. The van der Waals surface area contributed by atoms with Crippen molar-refractivity contribution in [3.8, 4) is 0 Å². The second-order valence-electron chi connectivity index (χ2n) is 4.94. The van der Waals surface area contributed by atoms with Crippen molar-refractivity contribution < 1.29 is 9.59 Å². The lowest BCUT2D eigenvalue weighted by atomic mass is 10.0. The van der Waals surface area contributed by atoms with Gasteiger partial charge in [-0.25, -0.2) is 5.43 Å². The van der Waals surface area contributed by atoms with Gasteiger partial charge in [-0.2, -0.15) is 5.10 Å². The van der Waals surface area contributed by atoms with Gasteiger partial charge in [0.05, 0.1) is 6.04 Å². The molecule has 20 heavy (non-hydrogen) atoms. The van der Waals surface area contributed by atoms with Crippen molar-refractivity contribution in [1.29, 1.82) is 0 Å². The number of rotatable bonds is 4. The number of hydrogen-bond acceptors (Lipinski definition) is 3. The largest absolute Gasteiger partial charge is 0.344 e. The van der Waals surface area contributed by atoms with Crippen LogP contribution in [-0.2, 0) is 9.59 Å². The number of carbonyl (C=O) groups excluding carboxylic acids is 2. The van der Waals surface area contributed by atoms with Gasteiger partial charge in [-0.15, -0.1) is 0 Å². The quantitative estimate of drug-likeness (QED) is 0.878. The van der Waals surface area contributed by atoms with Crippen LogP contribution >= 0.6 is 0 Å². The number of hydrazone groups is 1. The first kappa shape index (κ1) is 14.2. The number of hydrogen-bond donors (Lipinski definition) is 2. The molecule has 1 heterocycles. The van der Waals surface area contributed by atoms with Crippen molar-refractivity contribution in [1.82, 2.24) is 10.7 Å². The van der Waals surface area contributed by atoms with Gasteiger partial charge in [0, 0.05) is 12.8 Å². The number of nitrogens with zero attached hydrogens (tertiary/aromatic N) is 1. The molecule has 2 amide bonds. The summed E-state index contributed by atoms with van der Waals surface area (Å²) >= 11 is 0. The lowest BCUT2D eigenvalue weighted by Gasteiger charge is -2.19. The van der Waals surface area contributed by atoms with E-state index in [0.717, 1.165) is 12.0 Å². The average molecular weight is 273 g/mol. The summed E-state index contributed by atoms with van der Waals surface area (Å²) in [6.07, 6.45) is 1.50. The van der Waals surface area contributed by atoms with E-state index in [9.17, 15) is 9.59 Å². The van der Waals surface area contributed by atoms with Crippen LogP contribution in [0.1, 0.15) is 43.4 Å². The molecule has 5 nitrogen and oxygen atoms in total. The number of amides is 2. The zero-order valence-corrected chi connectivity index (χ0v) is 11.8. The molecule has 106 valence electrons. The van der Waals surface area contributed by atoms with Crippen LogP contribution in [-0.4, -0.2) is 17.5 Å². The average Bonchev–Trinajstić information content (AvgIpc) is 2.46. The lowest BCUT2D eigenvalue weighted by molar-refractivity contribution is -0.121. The fourth-order valence-corrected chi connectivity index (χ4v) is 2.10. The summed E-state index contributed by atoms with van der Waals surface area (Å²) < 4.78 is 0. The molecule has 0 aromatic heterocycles. The highest BCUT2D eigenvalue weighted by atomic mass is 16.2. The maximum absolute atomic E-state index is 12.1. The smallest absolute Gasteiger partial charge is 0.267 e. The van der Waals surface area contributed by atoms with E-state index in [2.05, 4.69) is 15.8 Å². The number of aryl methyl sites for hydroxylation is 1. The van der Waals surface area contributed by atoms with Crippen molar-refractivity contribution in [3.63, 3.8) is 0 Å². The number of nitrogens with one attached hydrogen (secondary N) is 2. The van der Waals surface area contributed by atoms with E-state index in [0.29, 0.717) is 18.6 Å². The van der Waals surface area contributed by atoms with E-state index in [1.54, 1.807) is 0 Å². The van der Waals surface area contributed by atoms with E-state index in [4.69, 9.17) is 0 Å². The molecule has 1 unspecified atom stereocenters. The Kier molecular flexibility index (Phi) is 4.50. The van der Waals surface area contributed by atoms with E-state index in [1.807, 2.05) is 38.1 Å². The Balaban J connectivity index is 2.04. The lowest BCUT2D eigenvalue weighted by Crippen LogP contribution is -2.38. The maximum Gasteiger partial charge on any atom is 0.267 e. The van der Waals surface area contributed by atoms with E-state index in [-0.39, 0.29) is 17.9 Å². The summed E-state index contributed by atoms with van der Waals surface area (Å²) in [6.45, 7) is 4.05. The second-order valence-corrected chi connectivity index (χ2v) is 4.94.